The molecule has 0 saturated carbocycles. The minimum Gasteiger partial charge on any atom is -0.409 e. The molecule has 0 rings (SSSR count). The molecule has 84 valence electrons. The number of hydrogen-bond donors (Lipinski definition) is 3. The van der Waals surface area contributed by atoms with Crippen LogP contribution in [0.2, 0.25) is 0 Å². The maximum absolute atomic E-state index is 8.48. The van der Waals surface area contributed by atoms with Gasteiger partial charge in [0.2, 0.25) is 0 Å². The zero-order chi connectivity index (χ0) is 11.2. The Kier molecular flexibility index (Phi) is 5.53. The highest BCUT2D eigenvalue weighted by Gasteiger charge is 2.20. The Morgan fingerprint density at radius 2 is 2.00 bits per heavy atom. The summed E-state index contributed by atoms with van der Waals surface area (Å²) < 4.78 is 0. The number of amidine groups is 1. The molecule has 14 heavy (non-hydrogen) atoms. The smallest absolute Gasteiger partial charge is 0.143 e. The molecule has 1 atom stereocenters. The summed E-state index contributed by atoms with van der Waals surface area (Å²) in [6.07, 6.45) is 2.15. The van der Waals surface area contributed by atoms with Crippen molar-refractivity contribution in [3.05, 3.63) is 0 Å². The normalized spacial score (nSPS) is 15.6. The fourth-order valence-electron chi connectivity index (χ4n) is 1.10. The average molecular weight is 201 g/mol. The fraction of sp³-hybridized carbons (Fsp3) is 0.900. The molecule has 1 unspecified atom stereocenters. The predicted octanol–water partition coefficient (Wildman–Crippen LogP) is 1.54. The highest BCUT2D eigenvalue weighted by atomic mass is 16.4. The van der Waals surface area contributed by atoms with Crippen LogP contribution in [0, 0.1) is 5.92 Å². The van der Waals surface area contributed by atoms with Crippen molar-refractivity contribution in [2.75, 3.05) is 6.54 Å². The van der Waals surface area contributed by atoms with Crippen LogP contribution in [-0.2, 0) is 0 Å². The van der Waals surface area contributed by atoms with Gasteiger partial charge in [-0.05, 0) is 19.8 Å². The lowest BCUT2D eigenvalue weighted by Gasteiger charge is -2.29. The van der Waals surface area contributed by atoms with Crippen molar-refractivity contribution in [2.24, 2.45) is 16.8 Å². The third kappa shape index (κ3) is 3.96. The van der Waals surface area contributed by atoms with Crippen LogP contribution in [-0.4, -0.2) is 23.1 Å². The quantitative estimate of drug-likeness (QED) is 0.264. The van der Waals surface area contributed by atoms with Gasteiger partial charge in [0.25, 0.3) is 0 Å². The molecule has 0 radical (unpaired) electrons. The van der Waals surface area contributed by atoms with Gasteiger partial charge in [-0.3, -0.25) is 0 Å². The standard InChI is InChI=1S/C10H23N3O/c1-5-10(4,6-2)12-7-8(3)9(11)13-14/h8,12,14H,5-7H2,1-4H3,(H2,11,13). The van der Waals surface area contributed by atoms with Gasteiger partial charge in [-0.2, -0.15) is 0 Å². The van der Waals surface area contributed by atoms with Crippen LogP contribution < -0.4 is 11.1 Å². The van der Waals surface area contributed by atoms with E-state index in [9.17, 15) is 0 Å². The Morgan fingerprint density at radius 3 is 2.36 bits per heavy atom. The van der Waals surface area contributed by atoms with Crippen molar-refractivity contribution < 1.29 is 5.21 Å². The van der Waals surface area contributed by atoms with Gasteiger partial charge in [0.05, 0.1) is 0 Å². The van der Waals surface area contributed by atoms with E-state index in [1.165, 1.54) is 0 Å². The van der Waals surface area contributed by atoms with E-state index in [-0.39, 0.29) is 17.3 Å². The van der Waals surface area contributed by atoms with Gasteiger partial charge in [-0.25, -0.2) is 0 Å². The van der Waals surface area contributed by atoms with Crippen LogP contribution >= 0.6 is 0 Å². The first kappa shape index (κ1) is 13.2. The van der Waals surface area contributed by atoms with Crippen LogP contribution in [0.15, 0.2) is 5.16 Å². The summed E-state index contributed by atoms with van der Waals surface area (Å²) in [5, 5.41) is 14.9. The molecule has 0 bridgehead atoms. The molecule has 0 aromatic carbocycles. The second kappa shape index (κ2) is 5.86. The summed E-state index contributed by atoms with van der Waals surface area (Å²) in [6, 6.07) is 0. The minimum atomic E-state index is 0.0671. The molecular formula is C10H23N3O. The number of oxime groups is 1. The van der Waals surface area contributed by atoms with Crippen LogP contribution in [0.25, 0.3) is 0 Å². The molecular weight excluding hydrogens is 178 g/mol. The Bertz CT molecular complexity index is 188. The Balaban J connectivity index is 4.04. The van der Waals surface area contributed by atoms with Gasteiger partial charge in [-0.15, -0.1) is 0 Å². The second-order valence-corrected chi connectivity index (χ2v) is 4.07. The van der Waals surface area contributed by atoms with Gasteiger partial charge in [0.15, 0.2) is 0 Å². The largest absolute Gasteiger partial charge is 0.409 e. The predicted molar refractivity (Wildman–Crippen MR) is 59.6 cm³/mol. The van der Waals surface area contributed by atoms with Crippen molar-refractivity contribution in [3.63, 3.8) is 0 Å². The van der Waals surface area contributed by atoms with Gasteiger partial charge in [0.1, 0.15) is 5.84 Å². The number of rotatable bonds is 6. The maximum atomic E-state index is 8.48. The summed E-state index contributed by atoms with van der Waals surface area (Å²) in [4.78, 5) is 0. The number of nitrogens with one attached hydrogen (secondary N) is 1. The Morgan fingerprint density at radius 1 is 1.50 bits per heavy atom. The van der Waals surface area contributed by atoms with Crippen LogP contribution in [0.3, 0.4) is 0 Å². The van der Waals surface area contributed by atoms with Crippen LogP contribution in [0.1, 0.15) is 40.5 Å². The summed E-state index contributed by atoms with van der Waals surface area (Å²) in [5.74, 6) is 0.351. The summed E-state index contributed by atoms with van der Waals surface area (Å²) in [5.41, 5.74) is 5.65. The molecule has 0 fully saturated rings. The van der Waals surface area contributed by atoms with E-state index in [4.69, 9.17) is 10.9 Å². The topological polar surface area (TPSA) is 70.6 Å². The van der Waals surface area contributed by atoms with E-state index in [0.29, 0.717) is 0 Å². The highest BCUT2D eigenvalue weighted by Crippen LogP contribution is 2.13. The summed E-state index contributed by atoms with van der Waals surface area (Å²) in [7, 11) is 0. The second-order valence-electron chi connectivity index (χ2n) is 4.07. The molecule has 0 amide bonds. The molecule has 0 aliphatic carbocycles. The molecule has 0 aromatic rings. The van der Waals surface area contributed by atoms with Crippen molar-refractivity contribution in [1.82, 2.24) is 5.32 Å². The molecule has 0 aliphatic rings. The zero-order valence-corrected chi connectivity index (χ0v) is 9.67. The molecule has 0 heterocycles. The number of nitrogens with zero attached hydrogens (tertiary/aromatic N) is 1. The Hall–Kier alpha value is -0.770. The first-order valence-corrected chi connectivity index (χ1v) is 5.21. The van der Waals surface area contributed by atoms with Gasteiger partial charge in [-0.1, -0.05) is 25.9 Å². The molecule has 0 aliphatic heterocycles. The van der Waals surface area contributed by atoms with E-state index in [1.807, 2.05) is 6.92 Å². The third-order valence-corrected chi connectivity index (χ3v) is 3.02. The first-order chi connectivity index (χ1) is 6.49. The molecule has 4 heteroatoms. The number of hydrogen-bond acceptors (Lipinski definition) is 3. The minimum absolute atomic E-state index is 0.0671. The lowest BCUT2D eigenvalue weighted by atomic mass is 9.94. The summed E-state index contributed by atoms with van der Waals surface area (Å²) in [6.45, 7) is 9.18. The molecule has 0 spiro atoms. The van der Waals surface area contributed by atoms with Gasteiger partial charge < -0.3 is 16.3 Å². The molecule has 4 nitrogen and oxygen atoms in total. The van der Waals surface area contributed by atoms with Crippen molar-refractivity contribution in [2.45, 2.75) is 46.1 Å². The number of nitrogens with two attached hydrogens (primary N) is 1. The van der Waals surface area contributed by atoms with Crippen molar-refractivity contribution in [1.29, 1.82) is 0 Å². The van der Waals surface area contributed by atoms with Crippen LogP contribution in [0.5, 0.6) is 0 Å². The molecule has 4 N–H and O–H groups in total. The van der Waals surface area contributed by atoms with E-state index in [2.05, 4.69) is 31.2 Å². The van der Waals surface area contributed by atoms with Crippen molar-refractivity contribution >= 4 is 5.84 Å². The molecule has 0 saturated heterocycles. The van der Waals surface area contributed by atoms with E-state index >= 15 is 0 Å². The van der Waals surface area contributed by atoms with Gasteiger partial charge >= 0.3 is 0 Å². The first-order valence-electron chi connectivity index (χ1n) is 5.21. The zero-order valence-electron chi connectivity index (χ0n) is 9.67. The van der Waals surface area contributed by atoms with Gasteiger partial charge in [0, 0.05) is 18.0 Å². The molecule has 0 aromatic heterocycles. The maximum Gasteiger partial charge on any atom is 0.143 e. The monoisotopic (exact) mass is 201 g/mol. The third-order valence-electron chi connectivity index (χ3n) is 3.02. The van der Waals surface area contributed by atoms with Crippen LogP contribution in [0.4, 0.5) is 0 Å². The lowest BCUT2D eigenvalue weighted by molar-refractivity contribution is 0.305. The van der Waals surface area contributed by atoms with E-state index < -0.39 is 0 Å². The fourth-order valence-corrected chi connectivity index (χ4v) is 1.10. The van der Waals surface area contributed by atoms with E-state index in [1.54, 1.807) is 0 Å². The van der Waals surface area contributed by atoms with Crippen molar-refractivity contribution in [3.8, 4) is 0 Å². The highest BCUT2D eigenvalue weighted by molar-refractivity contribution is 5.82. The summed E-state index contributed by atoms with van der Waals surface area (Å²) >= 11 is 0. The lowest BCUT2D eigenvalue weighted by Crippen LogP contribution is -2.45. The Labute approximate surface area is 86.6 Å². The average Bonchev–Trinajstić information content (AvgIpc) is 2.24. The SMILES string of the molecule is CCC(C)(CC)NCC(C)C(N)=NO. The van der Waals surface area contributed by atoms with E-state index in [0.717, 1.165) is 19.4 Å².